The molecule has 0 aliphatic carbocycles. The minimum absolute atomic E-state index is 0.687. The quantitative estimate of drug-likeness (QED) is 0.719. The number of ether oxygens (including phenoxy) is 1. The fourth-order valence-electron chi connectivity index (χ4n) is 0.907. The highest BCUT2D eigenvalue weighted by Crippen LogP contribution is 2.12. The molecule has 0 aliphatic heterocycles. The first-order chi connectivity index (χ1) is 5.83. The van der Waals surface area contributed by atoms with Crippen molar-refractivity contribution in [2.45, 2.75) is 6.92 Å². The van der Waals surface area contributed by atoms with Gasteiger partial charge in [0.15, 0.2) is 0 Å². The van der Waals surface area contributed by atoms with Crippen LogP contribution in [0.3, 0.4) is 0 Å². The molecular weight excluding hydrogens is 216 g/mol. The maximum atomic E-state index is 5.21. The Morgan fingerprint density at radius 2 is 2.33 bits per heavy atom. The fraction of sp³-hybridized carbons (Fsp3) is 0.300. The van der Waals surface area contributed by atoms with Crippen molar-refractivity contribution in [2.24, 2.45) is 0 Å². The predicted octanol–water partition coefficient (Wildman–Crippen LogP) is 3.04. The molecule has 0 fully saturated rings. The summed E-state index contributed by atoms with van der Waals surface area (Å²) in [5.74, 6) is 0. The Balaban J connectivity index is 2.41. The second-order valence-electron chi connectivity index (χ2n) is 2.42. The van der Waals surface area contributed by atoms with E-state index in [4.69, 9.17) is 4.74 Å². The van der Waals surface area contributed by atoms with Crippen LogP contribution in [0.1, 0.15) is 12.5 Å². The van der Waals surface area contributed by atoms with E-state index < -0.39 is 0 Å². The molecule has 1 aromatic rings. The summed E-state index contributed by atoms with van der Waals surface area (Å²) in [6.07, 6.45) is 2.06. The fourth-order valence-corrected chi connectivity index (χ4v) is 1.32. The van der Waals surface area contributed by atoms with Gasteiger partial charge in [-0.05, 0) is 24.6 Å². The lowest BCUT2D eigenvalue weighted by Crippen LogP contribution is -1.94. The summed E-state index contributed by atoms with van der Waals surface area (Å²) in [5, 5.41) is 0. The number of benzene rings is 1. The summed E-state index contributed by atoms with van der Waals surface area (Å²) >= 11 is 3.41. The molecule has 65 valence electrons. The lowest BCUT2D eigenvalue weighted by molar-refractivity contribution is 0.170. The number of rotatable bonds is 4. The lowest BCUT2D eigenvalue weighted by Gasteiger charge is -2.01. The van der Waals surface area contributed by atoms with Gasteiger partial charge in [-0.1, -0.05) is 28.1 Å². The average Bonchev–Trinajstić information content (AvgIpc) is 2.05. The summed E-state index contributed by atoms with van der Waals surface area (Å²) in [7, 11) is 0. The minimum Gasteiger partial charge on any atom is -0.381 e. The highest BCUT2D eigenvalue weighted by molar-refractivity contribution is 9.10. The Kier molecular flexibility index (Phi) is 4.33. The van der Waals surface area contributed by atoms with Crippen molar-refractivity contribution < 1.29 is 4.74 Å². The maximum Gasteiger partial charge on any atom is 0.0541 e. The molecule has 0 saturated heterocycles. The summed E-state index contributed by atoms with van der Waals surface area (Å²) in [6, 6.07) is 8.16. The van der Waals surface area contributed by atoms with Crippen LogP contribution in [0.5, 0.6) is 0 Å². The van der Waals surface area contributed by atoms with Crippen LogP contribution in [0.4, 0.5) is 0 Å². The first-order valence-corrected chi connectivity index (χ1v) is 4.78. The van der Waals surface area contributed by atoms with Gasteiger partial charge in [0.2, 0.25) is 0 Å². The van der Waals surface area contributed by atoms with Gasteiger partial charge < -0.3 is 4.74 Å². The van der Waals surface area contributed by atoms with Gasteiger partial charge in [0, 0.05) is 17.5 Å². The molecular formula is C10H12BrO. The minimum atomic E-state index is 0.687. The SMILES string of the molecule is CCOC[CH]c1cccc(Br)c1. The van der Waals surface area contributed by atoms with Gasteiger partial charge in [0.1, 0.15) is 0 Å². The van der Waals surface area contributed by atoms with Crippen molar-refractivity contribution in [1.29, 1.82) is 0 Å². The summed E-state index contributed by atoms with van der Waals surface area (Å²) in [6.45, 7) is 3.45. The van der Waals surface area contributed by atoms with Crippen LogP contribution in [-0.2, 0) is 4.74 Å². The highest BCUT2D eigenvalue weighted by atomic mass is 79.9. The predicted molar refractivity (Wildman–Crippen MR) is 54.0 cm³/mol. The molecule has 0 aliphatic rings. The van der Waals surface area contributed by atoms with Crippen LogP contribution >= 0.6 is 15.9 Å². The standard InChI is InChI=1S/C10H12BrO/c1-2-12-7-6-9-4-3-5-10(11)8-9/h3-6,8H,2,7H2,1H3. The Labute approximate surface area is 81.9 Å². The molecule has 0 bridgehead atoms. The number of hydrogen-bond acceptors (Lipinski definition) is 1. The zero-order valence-corrected chi connectivity index (χ0v) is 8.67. The van der Waals surface area contributed by atoms with Crippen molar-refractivity contribution in [3.05, 3.63) is 40.7 Å². The van der Waals surface area contributed by atoms with Gasteiger partial charge >= 0.3 is 0 Å². The van der Waals surface area contributed by atoms with Crippen LogP contribution in [0, 0.1) is 6.42 Å². The monoisotopic (exact) mass is 227 g/mol. The first kappa shape index (κ1) is 9.75. The van der Waals surface area contributed by atoms with Gasteiger partial charge in [-0.2, -0.15) is 0 Å². The van der Waals surface area contributed by atoms with Crippen molar-refractivity contribution in [3.63, 3.8) is 0 Å². The molecule has 1 nitrogen and oxygen atoms in total. The van der Waals surface area contributed by atoms with Gasteiger partial charge in [-0.3, -0.25) is 0 Å². The zero-order valence-electron chi connectivity index (χ0n) is 7.09. The van der Waals surface area contributed by atoms with Crippen molar-refractivity contribution >= 4 is 15.9 Å². The van der Waals surface area contributed by atoms with Gasteiger partial charge in [-0.15, -0.1) is 0 Å². The largest absolute Gasteiger partial charge is 0.381 e. The van der Waals surface area contributed by atoms with E-state index in [2.05, 4.69) is 34.5 Å². The average molecular weight is 228 g/mol. The van der Waals surface area contributed by atoms with E-state index in [1.54, 1.807) is 0 Å². The smallest absolute Gasteiger partial charge is 0.0541 e. The molecule has 0 aromatic heterocycles. The van der Waals surface area contributed by atoms with Gasteiger partial charge in [0.25, 0.3) is 0 Å². The maximum absolute atomic E-state index is 5.21. The molecule has 0 N–H and O–H groups in total. The van der Waals surface area contributed by atoms with Crippen molar-refractivity contribution in [1.82, 2.24) is 0 Å². The van der Waals surface area contributed by atoms with E-state index in [0.717, 1.165) is 11.1 Å². The molecule has 1 radical (unpaired) electrons. The molecule has 1 rings (SSSR count). The van der Waals surface area contributed by atoms with E-state index >= 15 is 0 Å². The van der Waals surface area contributed by atoms with Crippen LogP contribution in [0.25, 0.3) is 0 Å². The normalized spacial score (nSPS) is 10.2. The first-order valence-electron chi connectivity index (χ1n) is 3.99. The van der Waals surface area contributed by atoms with Crippen LogP contribution < -0.4 is 0 Å². The second kappa shape index (κ2) is 5.33. The Hall–Kier alpha value is -0.340. The van der Waals surface area contributed by atoms with Crippen molar-refractivity contribution in [2.75, 3.05) is 13.2 Å². The topological polar surface area (TPSA) is 9.23 Å². The number of hydrogen-bond donors (Lipinski definition) is 0. The molecule has 2 heteroatoms. The van der Waals surface area contributed by atoms with Crippen LogP contribution in [0.15, 0.2) is 28.7 Å². The second-order valence-corrected chi connectivity index (χ2v) is 3.33. The summed E-state index contributed by atoms with van der Waals surface area (Å²) in [4.78, 5) is 0. The van der Waals surface area contributed by atoms with Gasteiger partial charge in [0.05, 0.1) is 6.61 Å². The molecule has 1 aromatic carbocycles. The molecule has 0 unspecified atom stereocenters. The Bertz CT molecular complexity index is 235. The molecule has 12 heavy (non-hydrogen) atoms. The van der Waals surface area contributed by atoms with Crippen LogP contribution in [-0.4, -0.2) is 13.2 Å². The summed E-state index contributed by atoms with van der Waals surface area (Å²) in [5.41, 5.74) is 1.19. The van der Waals surface area contributed by atoms with E-state index in [9.17, 15) is 0 Å². The lowest BCUT2D eigenvalue weighted by atomic mass is 10.2. The molecule has 0 heterocycles. The zero-order chi connectivity index (χ0) is 8.81. The van der Waals surface area contributed by atoms with Crippen molar-refractivity contribution in [3.8, 4) is 0 Å². The third-order valence-electron chi connectivity index (χ3n) is 1.49. The highest BCUT2D eigenvalue weighted by Gasteiger charge is 1.93. The van der Waals surface area contributed by atoms with E-state index in [-0.39, 0.29) is 0 Å². The Morgan fingerprint density at radius 1 is 1.50 bits per heavy atom. The molecule has 0 amide bonds. The van der Waals surface area contributed by atoms with Gasteiger partial charge in [-0.25, -0.2) is 0 Å². The molecule has 0 atom stereocenters. The molecule has 0 spiro atoms. The van der Waals surface area contributed by atoms with E-state index in [1.165, 1.54) is 5.56 Å². The van der Waals surface area contributed by atoms with E-state index in [0.29, 0.717) is 6.61 Å². The third kappa shape index (κ3) is 3.37. The number of halogens is 1. The van der Waals surface area contributed by atoms with E-state index in [1.807, 2.05) is 19.1 Å². The summed E-state index contributed by atoms with van der Waals surface area (Å²) < 4.78 is 6.31. The molecule has 0 saturated carbocycles. The van der Waals surface area contributed by atoms with Crippen LogP contribution in [0.2, 0.25) is 0 Å². The third-order valence-corrected chi connectivity index (χ3v) is 1.98. The Morgan fingerprint density at radius 3 is 3.00 bits per heavy atom.